The fourth-order valence-electron chi connectivity index (χ4n) is 2.59. The number of benzene rings is 2. The third-order valence-corrected chi connectivity index (χ3v) is 3.95. The van der Waals surface area contributed by atoms with Crippen LogP contribution in [0.5, 0.6) is 0 Å². The van der Waals surface area contributed by atoms with Crippen LogP contribution in [0.2, 0.25) is 0 Å². The Morgan fingerprint density at radius 2 is 1.85 bits per heavy atom. The van der Waals surface area contributed by atoms with E-state index in [9.17, 15) is 9.59 Å². The zero-order valence-electron chi connectivity index (χ0n) is 14.9. The molecule has 0 atom stereocenters. The lowest BCUT2D eigenvalue weighted by atomic mass is 10.1. The van der Waals surface area contributed by atoms with Crippen LogP contribution >= 0.6 is 0 Å². The van der Waals surface area contributed by atoms with Gasteiger partial charge in [-0.05, 0) is 37.6 Å². The van der Waals surface area contributed by atoms with Crippen LogP contribution in [0, 0.1) is 11.3 Å². The number of nitrogens with zero attached hydrogens (tertiary/aromatic N) is 4. The van der Waals surface area contributed by atoms with Crippen LogP contribution in [0.25, 0.3) is 10.8 Å². The summed E-state index contributed by atoms with van der Waals surface area (Å²) in [7, 11) is 0. The number of hydrazone groups is 1. The lowest BCUT2D eigenvalue weighted by Gasteiger charge is -2.12. The van der Waals surface area contributed by atoms with E-state index in [4.69, 9.17) is 5.26 Å². The van der Waals surface area contributed by atoms with Crippen LogP contribution in [0.3, 0.4) is 0 Å². The molecule has 7 heteroatoms. The molecule has 0 aliphatic heterocycles. The van der Waals surface area contributed by atoms with Gasteiger partial charge in [0.15, 0.2) is 5.69 Å². The largest absolute Gasteiger partial charge is 0.292 e. The first-order valence-corrected chi connectivity index (χ1v) is 8.36. The molecule has 3 aromatic rings. The molecule has 27 heavy (non-hydrogen) atoms. The van der Waals surface area contributed by atoms with Crippen molar-refractivity contribution in [1.82, 2.24) is 15.2 Å². The summed E-state index contributed by atoms with van der Waals surface area (Å²) in [6.07, 6.45) is 1.47. The van der Waals surface area contributed by atoms with E-state index < -0.39 is 5.91 Å². The van der Waals surface area contributed by atoms with Crippen molar-refractivity contribution in [3.63, 3.8) is 0 Å². The van der Waals surface area contributed by atoms with Crippen molar-refractivity contribution in [3.8, 4) is 6.07 Å². The minimum Gasteiger partial charge on any atom is -0.267 e. The van der Waals surface area contributed by atoms with Crippen LogP contribution in [-0.4, -0.2) is 21.9 Å². The maximum absolute atomic E-state index is 12.6. The summed E-state index contributed by atoms with van der Waals surface area (Å²) in [5.41, 5.74) is 3.62. The molecule has 1 amide bonds. The quantitative estimate of drug-likeness (QED) is 0.571. The molecular weight excluding hydrogens is 342 g/mol. The van der Waals surface area contributed by atoms with E-state index in [1.165, 1.54) is 10.9 Å². The van der Waals surface area contributed by atoms with Gasteiger partial charge in [-0.15, -0.1) is 0 Å². The molecule has 0 radical (unpaired) electrons. The van der Waals surface area contributed by atoms with Crippen molar-refractivity contribution in [2.24, 2.45) is 5.10 Å². The van der Waals surface area contributed by atoms with Gasteiger partial charge in [-0.2, -0.15) is 15.5 Å². The number of hydrogen-bond donors (Lipinski definition) is 1. The normalized spacial score (nSPS) is 11.0. The van der Waals surface area contributed by atoms with E-state index in [1.54, 1.807) is 48.5 Å². The molecule has 7 nitrogen and oxygen atoms in total. The van der Waals surface area contributed by atoms with Gasteiger partial charge in [-0.25, -0.2) is 10.1 Å². The van der Waals surface area contributed by atoms with E-state index in [0.29, 0.717) is 16.3 Å². The van der Waals surface area contributed by atoms with Gasteiger partial charge in [-0.1, -0.05) is 30.3 Å². The maximum atomic E-state index is 12.6. The number of rotatable bonds is 4. The minimum atomic E-state index is -0.509. The van der Waals surface area contributed by atoms with E-state index in [-0.39, 0.29) is 17.3 Å². The molecule has 3 rings (SSSR count). The summed E-state index contributed by atoms with van der Waals surface area (Å²) in [5.74, 6) is -0.509. The SMILES string of the molecule is CC(C)n1nc(C(=O)N/N=C/c2ccc(C#N)cc2)c2ccccc2c1=O. The van der Waals surface area contributed by atoms with Crippen molar-refractivity contribution in [2.45, 2.75) is 19.9 Å². The van der Waals surface area contributed by atoms with E-state index in [0.717, 1.165) is 5.56 Å². The average molecular weight is 359 g/mol. The Hall–Kier alpha value is -3.79. The molecule has 134 valence electrons. The molecular formula is C20H17N5O2. The molecule has 0 saturated heterocycles. The number of fused-ring (bicyclic) bond motifs is 1. The molecule has 0 saturated carbocycles. The Balaban J connectivity index is 1.91. The van der Waals surface area contributed by atoms with Crippen molar-refractivity contribution in [1.29, 1.82) is 5.26 Å². The standard InChI is InChI=1S/C20H17N5O2/c1-13(2)25-20(27)17-6-4-3-5-16(17)18(24-25)19(26)23-22-12-15-9-7-14(11-21)8-10-15/h3-10,12-13H,1-2H3,(H,23,26)/b22-12+. The van der Waals surface area contributed by atoms with Crippen molar-refractivity contribution in [2.75, 3.05) is 0 Å². The Kier molecular flexibility index (Phi) is 5.08. The predicted molar refractivity (Wildman–Crippen MR) is 103 cm³/mol. The van der Waals surface area contributed by atoms with Crippen molar-refractivity contribution < 1.29 is 4.79 Å². The summed E-state index contributed by atoms with van der Waals surface area (Å²) in [5, 5.41) is 17.9. The Bertz CT molecular complexity index is 1120. The number of nitrogens with one attached hydrogen (secondary N) is 1. The highest BCUT2D eigenvalue weighted by molar-refractivity contribution is 6.04. The average Bonchev–Trinajstić information content (AvgIpc) is 2.68. The third kappa shape index (κ3) is 3.75. The summed E-state index contributed by atoms with van der Waals surface area (Å²) in [6.45, 7) is 3.65. The molecule has 0 fully saturated rings. The van der Waals surface area contributed by atoms with Crippen LogP contribution in [0.4, 0.5) is 0 Å². The zero-order valence-corrected chi connectivity index (χ0v) is 14.9. The summed E-state index contributed by atoms with van der Waals surface area (Å²) < 4.78 is 1.29. The zero-order chi connectivity index (χ0) is 19.4. The fraction of sp³-hybridized carbons (Fsp3) is 0.150. The molecule has 2 aromatic carbocycles. The van der Waals surface area contributed by atoms with Crippen LogP contribution in [0.15, 0.2) is 58.4 Å². The molecule has 0 bridgehead atoms. The number of carbonyl (C=O) groups is 1. The molecule has 1 aromatic heterocycles. The first-order valence-electron chi connectivity index (χ1n) is 8.36. The summed E-state index contributed by atoms with van der Waals surface area (Å²) in [4.78, 5) is 25.1. The predicted octanol–water partition coefficient (Wildman–Crippen LogP) is 2.61. The van der Waals surface area contributed by atoms with Gasteiger partial charge in [0.1, 0.15) is 0 Å². The van der Waals surface area contributed by atoms with Gasteiger partial charge < -0.3 is 0 Å². The molecule has 1 N–H and O–H groups in total. The number of aromatic nitrogens is 2. The topological polar surface area (TPSA) is 100 Å². The highest BCUT2D eigenvalue weighted by Gasteiger charge is 2.17. The van der Waals surface area contributed by atoms with Gasteiger partial charge in [0.05, 0.1) is 29.3 Å². The lowest BCUT2D eigenvalue weighted by Crippen LogP contribution is -2.30. The Morgan fingerprint density at radius 1 is 1.19 bits per heavy atom. The van der Waals surface area contributed by atoms with E-state index >= 15 is 0 Å². The molecule has 0 unspecified atom stereocenters. The second-order valence-electron chi connectivity index (χ2n) is 6.17. The third-order valence-electron chi connectivity index (χ3n) is 3.95. The second kappa shape index (κ2) is 7.62. The van der Waals surface area contributed by atoms with Crippen LogP contribution in [0.1, 0.15) is 41.5 Å². The van der Waals surface area contributed by atoms with E-state index in [1.807, 2.05) is 19.9 Å². The maximum Gasteiger partial charge on any atom is 0.292 e. The highest BCUT2D eigenvalue weighted by Crippen LogP contribution is 2.14. The van der Waals surface area contributed by atoms with Gasteiger partial charge in [0, 0.05) is 5.39 Å². The summed E-state index contributed by atoms with van der Waals surface area (Å²) >= 11 is 0. The van der Waals surface area contributed by atoms with Crippen LogP contribution in [-0.2, 0) is 0 Å². The second-order valence-corrected chi connectivity index (χ2v) is 6.17. The number of nitriles is 1. The smallest absolute Gasteiger partial charge is 0.267 e. The van der Waals surface area contributed by atoms with Gasteiger partial charge >= 0.3 is 0 Å². The Labute approximate surface area is 155 Å². The van der Waals surface area contributed by atoms with Gasteiger partial charge in [0.25, 0.3) is 11.5 Å². The number of amides is 1. The van der Waals surface area contributed by atoms with Gasteiger partial charge in [-0.3, -0.25) is 9.59 Å². The first kappa shape index (κ1) is 18.0. The highest BCUT2D eigenvalue weighted by atomic mass is 16.2. The Morgan fingerprint density at radius 3 is 2.48 bits per heavy atom. The van der Waals surface area contributed by atoms with Crippen LogP contribution < -0.4 is 11.0 Å². The number of hydrogen-bond acceptors (Lipinski definition) is 5. The van der Waals surface area contributed by atoms with E-state index in [2.05, 4.69) is 15.6 Å². The monoisotopic (exact) mass is 359 g/mol. The molecule has 0 aliphatic carbocycles. The minimum absolute atomic E-state index is 0.135. The fourth-order valence-corrected chi connectivity index (χ4v) is 2.59. The number of carbonyl (C=O) groups excluding carboxylic acids is 1. The molecule has 1 heterocycles. The van der Waals surface area contributed by atoms with Crippen molar-refractivity contribution >= 4 is 22.9 Å². The summed E-state index contributed by atoms with van der Waals surface area (Å²) in [6, 6.07) is 15.5. The molecule has 0 spiro atoms. The molecule has 0 aliphatic rings. The van der Waals surface area contributed by atoms with Crippen molar-refractivity contribution in [3.05, 3.63) is 75.7 Å². The van der Waals surface area contributed by atoms with Gasteiger partial charge in [0.2, 0.25) is 0 Å². The first-order chi connectivity index (χ1) is 13.0. The lowest BCUT2D eigenvalue weighted by molar-refractivity contribution is 0.0949.